The summed E-state index contributed by atoms with van der Waals surface area (Å²) in [6.07, 6.45) is 20.0. The van der Waals surface area contributed by atoms with Gasteiger partial charge in [0.05, 0.1) is 16.9 Å². The first-order valence-corrected chi connectivity index (χ1v) is 15.5. The van der Waals surface area contributed by atoms with E-state index in [9.17, 15) is 0 Å². The molecule has 6 rings (SSSR count). The molecule has 0 atom stereocenters. The van der Waals surface area contributed by atoms with E-state index in [1.54, 1.807) is 0 Å². The Balaban J connectivity index is 1.32. The largest absolute Gasteiger partial charge is 0.353 e. The molecule has 3 N–H and O–H groups in total. The van der Waals surface area contributed by atoms with Gasteiger partial charge in [-0.05, 0) is 89.6 Å². The number of nitrogens with one attached hydrogen (secondary N) is 3. The normalized spacial score (nSPS) is 16.8. The van der Waals surface area contributed by atoms with Crippen molar-refractivity contribution in [1.82, 2.24) is 30.5 Å². The lowest BCUT2D eigenvalue weighted by molar-refractivity contribution is 0.502. The molecule has 4 aromatic heterocycles. The number of nitrogens with zero attached hydrogens (tertiary/aromatic N) is 4. The van der Waals surface area contributed by atoms with Crippen molar-refractivity contribution in [2.75, 3.05) is 18.0 Å². The van der Waals surface area contributed by atoms with E-state index in [0.29, 0.717) is 5.65 Å². The molecule has 1 aliphatic carbocycles. The third-order valence-corrected chi connectivity index (χ3v) is 8.44. The number of rotatable bonds is 10. The van der Waals surface area contributed by atoms with Crippen molar-refractivity contribution in [3.05, 3.63) is 89.6 Å². The van der Waals surface area contributed by atoms with Gasteiger partial charge in [-0.2, -0.15) is 5.10 Å². The molecule has 0 spiro atoms. The van der Waals surface area contributed by atoms with Gasteiger partial charge in [0.15, 0.2) is 5.65 Å². The van der Waals surface area contributed by atoms with Gasteiger partial charge in [0.25, 0.3) is 0 Å². The van der Waals surface area contributed by atoms with E-state index in [2.05, 4.69) is 96.4 Å². The van der Waals surface area contributed by atoms with Crippen molar-refractivity contribution >= 4 is 33.3 Å². The highest BCUT2D eigenvalue weighted by Crippen LogP contribution is 2.35. The maximum Gasteiger partial charge on any atom is 0.181 e. The van der Waals surface area contributed by atoms with Crippen LogP contribution in [-0.4, -0.2) is 38.2 Å². The van der Waals surface area contributed by atoms with Gasteiger partial charge in [-0.3, -0.25) is 5.10 Å². The monoisotopic (exact) mass is 573 g/mol. The van der Waals surface area contributed by atoms with Gasteiger partial charge in [0, 0.05) is 47.7 Å². The summed E-state index contributed by atoms with van der Waals surface area (Å²) in [7, 11) is 0. The molecule has 0 aromatic carbocycles. The van der Waals surface area contributed by atoms with Crippen LogP contribution in [0, 0.1) is 5.92 Å². The van der Waals surface area contributed by atoms with E-state index in [4.69, 9.17) is 9.97 Å². The SMILES string of the molecule is C=C(C)C/C=C(\C=C(/C)CNCC1CCCC1)c1cnc2n[nH]c(-c3cc4c(N5C=C(C)CC(C)=C5)nccc4[nH]3)c2c1. The molecule has 2 aliphatic rings. The Labute approximate surface area is 254 Å². The molecular weight excluding hydrogens is 530 g/mol. The lowest BCUT2D eigenvalue weighted by Crippen LogP contribution is -2.22. The maximum atomic E-state index is 4.76. The minimum absolute atomic E-state index is 0.696. The van der Waals surface area contributed by atoms with E-state index in [1.165, 1.54) is 42.4 Å². The summed E-state index contributed by atoms with van der Waals surface area (Å²) in [5, 5.41) is 13.5. The Hall–Kier alpha value is -4.23. The molecule has 0 bridgehead atoms. The van der Waals surface area contributed by atoms with E-state index in [-0.39, 0.29) is 0 Å². The fraction of sp³-hybridized carbons (Fsp3) is 0.361. The van der Waals surface area contributed by atoms with Crippen molar-refractivity contribution in [3.8, 4) is 11.4 Å². The molecular formula is C36H43N7. The molecule has 7 nitrogen and oxygen atoms in total. The highest BCUT2D eigenvalue weighted by atomic mass is 15.2. The Morgan fingerprint density at radius 3 is 2.65 bits per heavy atom. The number of pyridine rings is 2. The minimum Gasteiger partial charge on any atom is -0.353 e. The highest BCUT2D eigenvalue weighted by Gasteiger charge is 2.18. The number of allylic oxidation sites excluding steroid dienone is 6. The van der Waals surface area contributed by atoms with Gasteiger partial charge in [-0.1, -0.05) is 53.9 Å². The number of hydrogen-bond donors (Lipinski definition) is 3. The third kappa shape index (κ3) is 6.57. The molecule has 222 valence electrons. The average molecular weight is 574 g/mol. The molecule has 0 amide bonds. The highest BCUT2D eigenvalue weighted by molar-refractivity contribution is 5.99. The molecule has 1 saturated carbocycles. The van der Waals surface area contributed by atoms with E-state index in [1.807, 2.05) is 18.5 Å². The Morgan fingerprint density at radius 1 is 1.09 bits per heavy atom. The standard InChI is InChI=1S/C36H43N7/c1-23(2)10-11-28(15-24(3)18-37-19-27-8-6-7-9-27)29-16-31-34(41-42-35(31)39-20-29)33-17-30-32(40-33)12-13-38-36(30)43-21-25(4)14-26(5)22-43/h11-13,15-17,20-22,27,37,40H,1,6-10,14,18-19H2,2-5H3,(H,39,41,42)/b24-15+,28-11+. The van der Waals surface area contributed by atoms with Crippen molar-refractivity contribution in [2.45, 2.75) is 66.2 Å². The molecule has 1 aliphatic heterocycles. The summed E-state index contributed by atoms with van der Waals surface area (Å²) >= 11 is 0. The average Bonchev–Trinajstić information content (AvgIpc) is 3.73. The van der Waals surface area contributed by atoms with E-state index in [0.717, 1.165) is 82.1 Å². The third-order valence-electron chi connectivity index (χ3n) is 8.44. The second-order valence-corrected chi connectivity index (χ2v) is 12.6. The Bertz CT molecular complexity index is 1750. The second-order valence-electron chi connectivity index (χ2n) is 12.6. The van der Waals surface area contributed by atoms with Crippen LogP contribution in [0.15, 0.2) is 84.0 Å². The van der Waals surface area contributed by atoms with Crippen LogP contribution in [0.25, 0.3) is 38.9 Å². The van der Waals surface area contributed by atoms with Crippen molar-refractivity contribution < 1.29 is 0 Å². The molecule has 4 aromatic rings. The summed E-state index contributed by atoms with van der Waals surface area (Å²) in [6, 6.07) is 6.39. The van der Waals surface area contributed by atoms with Gasteiger partial charge in [0.2, 0.25) is 0 Å². The van der Waals surface area contributed by atoms with Crippen LogP contribution in [-0.2, 0) is 0 Å². The van der Waals surface area contributed by atoms with Crippen LogP contribution < -0.4 is 10.2 Å². The summed E-state index contributed by atoms with van der Waals surface area (Å²) in [6.45, 7) is 14.7. The molecule has 43 heavy (non-hydrogen) atoms. The number of H-pyrrole nitrogens is 2. The zero-order valence-corrected chi connectivity index (χ0v) is 25.9. The van der Waals surface area contributed by atoms with E-state index < -0.39 is 0 Å². The first-order chi connectivity index (χ1) is 20.8. The van der Waals surface area contributed by atoms with Crippen molar-refractivity contribution in [2.24, 2.45) is 5.92 Å². The molecule has 7 heteroatoms. The number of aromatic amines is 2. The van der Waals surface area contributed by atoms with Crippen LogP contribution in [0.5, 0.6) is 0 Å². The predicted octanol–water partition coefficient (Wildman–Crippen LogP) is 8.59. The number of anilines is 1. The Morgan fingerprint density at radius 2 is 1.88 bits per heavy atom. The molecule has 0 unspecified atom stereocenters. The van der Waals surface area contributed by atoms with E-state index >= 15 is 0 Å². The van der Waals surface area contributed by atoms with Crippen molar-refractivity contribution in [1.29, 1.82) is 0 Å². The lowest BCUT2D eigenvalue weighted by Gasteiger charge is -2.22. The zero-order chi connectivity index (χ0) is 29.9. The summed E-state index contributed by atoms with van der Waals surface area (Å²) in [5.41, 5.74) is 10.9. The van der Waals surface area contributed by atoms with Gasteiger partial charge < -0.3 is 15.2 Å². The van der Waals surface area contributed by atoms with Crippen molar-refractivity contribution in [3.63, 3.8) is 0 Å². The smallest absolute Gasteiger partial charge is 0.181 e. The summed E-state index contributed by atoms with van der Waals surface area (Å²) in [5.74, 6) is 1.74. The summed E-state index contributed by atoms with van der Waals surface area (Å²) in [4.78, 5) is 15.2. The maximum absolute atomic E-state index is 4.76. The molecule has 0 radical (unpaired) electrons. The van der Waals surface area contributed by atoms with Crippen LogP contribution in [0.1, 0.15) is 71.8 Å². The summed E-state index contributed by atoms with van der Waals surface area (Å²) < 4.78 is 0. The van der Waals surface area contributed by atoms with Crippen LogP contribution in [0.2, 0.25) is 0 Å². The number of hydrogen-bond acceptors (Lipinski definition) is 5. The Kier molecular flexibility index (Phi) is 8.43. The van der Waals surface area contributed by atoms with Crippen LogP contribution >= 0.6 is 0 Å². The van der Waals surface area contributed by atoms with Gasteiger partial charge in [-0.15, -0.1) is 0 Å². The fourth-order valence-electron chi connectivity index (χ4n) is 6.36. The molecule has 0 saturated heterocycles. The quantitative estimate of drug-likeness (QED) is 0.131. The second kappa shape index (κ2) is 12.6. The minimum atomic E-state index is 0.696. The predicted molar refractivity (Wildman–Crippen MR) is 180 cm³/mol. The van der Waals surface area contributed by atoms with Crippen LogP contribution in [0.4, 0.5) is 5.82 Å². The number of aromatic nitrogens is 5. The van der Waals surface area contributed by atoms with Gasteiger partial charge in [0.1, 0.15) is 5.82 Å². The van der Waals surface area contributed by atoms with Gasteiger partial charge >= 0.3 is 0 Å². The number of fused-ring (bicyclic) bond motifs is 2. The first kappa shape index (κ1) is 28.9. The first-order valence-electron chi connectivity index (χ1n) is 15.5. The van der Waals surface area contributed by atoms with Gasteiger partial charge in [-0.25, -0.2) is 9.97 Å². The lowest BCUT2D eigenvalue weighted by atomic mass is 10.0. The zero-order valence-electron chi connectivity index (χ0n) is 25.9. The molecule has 1 fully saturated rings. The molecule has 5 heterocycles. The topological polar surface area (TPSA) is 85.5 Å². The fourth-order valence-corrected chi connectivity index (χ4v) is 6.36. The van der Waals surface area contributed by atoms with Crippen LogP contribution in [0.3, 0.4) is 0 Å².